The average molecular weight is 1030 g/mol. The van der Waals surface area contributed by atoms with Gasteiger partial charge < -0.3 is 0 Å². The summed E-state index contributed by atoms with van der Waals surface area (Å²) < 4.78 is 8.89. The van der Waals surface area contributed by atoms with E-state index in [1.807, 2.05) is 6.07 Å². The molecule has 0 fully saturated rings. The van der Waals surface area contributed by atoms with Crippen LogP contribution in [0.3, 0.4) is 0 Å². The Labute approximate surface area is 453 Å². The molecule has 370 valence electrons. The van der Waals surface area contributed by atoms with Gasteiger partial charge >= 0.3 is 0 Å². The van der Waals surface area contributed by atoms with Gasteiger partial charge in [0.05, 0.1) is 61.4 Å². The summed E-state index contributed by atoms with van der Waals surface area (Å²) in [7, 11) is -3.23. The Morgan fingerprint density at radius 3 is 1.54 bits per heavy atom. The van der Waals surface area contributed by atoms with Crippen LogP contribution in [0.15, 0.2) is 260 Å². The fraction of sp³-hybridized carbons (Fsp3) is 0.0149. The molecule has 0 amide bonds. The highest BCUT2D eigenvalue weighted by atomic mass is 28.3. The van der Waals surface area contributed by atoms with Crippen molar-refractivity contribution in [3.05, 3.63) is 266 Å². The third-order valence-electron chi connectivity index (χ3n) is 16.2. The molecule has 0 radical (unpaired) electrons. The zero-order valence-corrected chi connectivity index (χ0v) is 43.2. The van der Waals surface area contributed by atoms with Crippen molar-refractivity contribution in [1.82, 2.24) is 42.9 Å². The molecule has 0 spiro atoms. The molecule has 10 aromatic carbocycles. The van der Waals surface area contributed by atoms with E-state index in [9.17, 15) is 0 Å². The molecule has 0 saturated carbocycles. The van der Waals surface area contributed by atoms with Crippen molar-refractivity contribution >= 4 is 108 Å². The Kier molecular flexibility index (Phi) is 9.24. The lowest BCUT2D eigenvalue weighted by Crippen LogP contribution is -2.74. The maximum Gasteiger partial charge on any atom is 0.242 e. The van der Waals surface area contributed by atoms with Crippen LogP contribution < -0.4 is 25.6 Å². The molecule has 5 aromatic heterocycles. The van der Waals surface area contributed by atoms with Crippen LogP contribution in [0, 0.1) is 0 Å². The summed E-state index contributed by atoms with van der Waals surface area (Å²) in [5.41, 5.74) is 14.2. The molecule has 12 heteroatoms. The molecule has 0 aliphatic carbocycles. The predicted molar refractivity (Wildman–Crippen MR) is 319 cm³/mol. The van der Waals surface area contributed by atoms with E-state index in [-0.39, 0.29) is 5.92 Å². The number of hydrogen-bond donors (Lipinski definition) is 0. The molecule has 1 unspecified atom stereocenters. The number of nitrogens with zero attached hydrogens (tertiary/aromatic N) is 11. The van der Waals surface area contributed by atoms with Crippen molar-refractivity contribution in [2.75, 3.05) is 4.90 Å². The summed E-state index contributed by atoms with van der Waals surface area (Å²) in [5, 5.41) is 4.88. The van der Waals surface area contributed by atoms with Crippen LogP contribution in [0.2, 0.25) is 0 Å². The van der Waals surface area contributed by atoms with Gasteiger partial charge in [-0.2, -0.15) is 15.0 Å². The highest BCUT2D eigenvalue weighted by Gasteiger charge is 2.44. The predicted octanol–water partition coefficient (Wildman–Crippen LogP) is 11.7. The summed E-state index contributed by atoms with van der Waals surface area (Å²) in [4.78, 5) is 34.7. The first-order chi connectivity index (χ1) is 39.2. The number of anilines is 2. The molecule has 79 heavy (non-hydrogen) atoms. The van der Waals surface area contributed by atoms with Gasteiger partial charge in [0.25, 0.3) is 0 Å². The van der Waals surface area contributed by atoms with Crippen LogP contribution >= 0.6 is 0 Å². The molecule has 15 aromatic rings. The molecule has 11 nitrogen and oxygen atoms in total. The van der Waals surface area contributed by atoms with E-state index in [0.717, 1.165) is 89.5 Å². The fourth-order valence-electron chi connectivity index (χ4n) is 12.9. The largest absolute Gasteiger partial charge is 0.278 e. The van der Waals surface area contributed by atoms with E-state index in [1.165, 1.54) is 20.7 Å². The van der Waals surface area contributed by atoms with E-state index in [0.29, 0.717) is 23.5 Å². The Hall–Kier alpha value is -10.6. The van der Waals surface area contributed by atoms with Gasteiger partial charge in [-0.3, -0.25) is 18.3 Å². The number of para-hydroxylation sites is 10. The molecular weight excluding hydrogens is 987 g/mol. The van der Waals surface area contributed by atoms with Crippen LogP contribution in [-0.2, 0) is 0 Å². The first-order valence-corrected chi connectivity index (χ1v) is 28.6. The van der Waals surface area contributed by atoms with Crippen molar-refractivity contribution in [2.24, 2.45) is 4.99 Å². The summed E-state index contributed by atoms with van der Waals surface area (Å²) in [5.74, 6) is 3.80. The Bertz CT molecular complexity index is 4970. The molecule has 1 atom stereocenters. The van der Waals surface area contributed by atoms with Crippen molar-refractivity contribution in [2.45, 2.75) is 5.92 Å². The van der Waals surface area contributed by atoms with E-state index in [1.54, 1.807) is 0 Å². The second-order valence-electron chi connectivity index (χ2n) is 20.3. The molecule has 0 bridgehead atoms. The highest BCUT2D eigenvalue weighted by Crippen LogP contribution is 2.51. The van der Waals surface area contributed by atoms with Crippen LogP contribution in [0.1, 0.15) is 17.0 Å². The topological polar surface area (TPSA) is 98.7 Å². The molecule has 7 heterocycles. The normalized spacial score (nSPS) is 14.0. The van der Waals surface area contributed by atoms with Gasteiger partial charge in [-0.15, -0.1) is 0 Å². The zero-order chi connectivity index (χ0) is 51.8. The number of aromatic nitrogens is 9. The minimum atomic E-state index is -3.23. The molecule has 2 aliphatic heterocycles. The maximum absolute atomic E-state index is 5.57. The second-order valence-corrected chi connectivity index (χ2v) is 24.2. The second kappa shape index (κ2) is 16.7. The number of amidine groups is 1. The van der Waals surface area contributed by atoms with Gasteiger partial charge in [0.2, 0.25) is 23.5 Å². The van der Waals surface area contributed by atoms with Gasteiger partial charge in [-0.05, 0) is 105 Å². The third kappa shape index (κ3) is 6.22. The van der Waals surface area contributed by atoms with Crippen molar-refractivity contribution in [3.63, 3.8) is 0 Å². The van der Waals surface area contributed by atoms with Gasteiger partial charge in [-0.25, -0.2) is 19.5 Å². The standard InChI is InChI=1S/C67H43N11Si/c1-3-23-45(24-4-1)79(46-25-5-2-6-26-46,48-28-20-22-44(42-48)74-57-37-15-16-38-58(57)75-55-35-13-10-32-52(55)69-66(74)75)47-27-19-21-43(41-47)62-71-64(77-54-34-12-8-30-50(54)61-49-29-7-9-31-51(49)68-63(61)77)73-65(72-62)78-60-40-18-17-39-59(60)76-56-36-14-11-33-53(56)70-67(76)78/h1-42,61H. The van der Waals surface area contributed by atoms with E-state index < -0.39 is 8.07 Å². The molecule has 2 aliphatic rings. The summed E-state index contributed by atoms with van der Waals surface area (Å²) in [6, 6.07) is 90.8. The van der Waals surface area contributed by atoms with E-state index in [4.69, 9.17) is 29.9 Å². The minimum absolute atomic E-state index is 0.0802. The number of hydrogen-bond acceptors (Lipinski definition) is 7. The number of rotatable bonds is 8. The van der Waals surface area contributed by atoms with Crippen LogP contribution in [-0.4, -0.2) is 56.8 Å². The zero-order valence-electron chi connectivity index (χ0n) is 42.2. The maximum atomic E-state index is 5.57. The van der Waals surface area contributed by atoms with Crippen molar-refractivity contribution < 1.29 is 0 Å². The Balaban J connectivity index is 0.922. The molecular formula is C67H43N11Si. The quantitative estimate of drug-likeness (QED) is 0.111. The van der Waals surface area contributed by atoms with Crippen molar-refractivity contribution in [3.8, 4) is 23.0 Å². The number of benzene rings is 10. The minimum Gasteiger partial charge on any atom is -0.278 e. The van der Waals surface area contributed by atoms with Gasteiger partial charge in [0.15, 0.2) is 13.9 Å². The number of aliphatic imine (C=N–C) groups is 1. The van der Waals surface area contributed by atoms with Crippen LogP contribution in [0.5, 0.6) is 0 Å². The van der Waals surface area contributed by atoms with Crippen LogP contribution in [0.4, 0.5) is 17.3 Å². The van der Waals surface area contributed by atoms with Crippen LogP contribution in [0.25, 0.3) is 78.7 Å². The molecule has 0 saturated heterocycles. The first kappa shape index (κ1) is 43.7. The van der Waals surface area contributed by atoms with E-state index in [2.05, 4.69) is 272 Å². The monoisotopic (exact) mass is 1030 g/mol. The lowest BCUT2D eigenvalue weighted by atomic mass is 9.93. The highest BCUT2D eigenvalue weighted by molar-refractivity contribution is 7.20. The summed E-state index contributed by atoms with van der Waals surface area (Å²) in [6.07, 6.45) is 0. The number of fused-ring (bicyclic) bond motifs is 15. The van der Waals surface area contributed by atoms with Gasteiger partial charge in [0, 0.05) is 11.3 Å². The smallest absolute Gasteiger partial charge is 0.242 e. The van der Waals surface area contributed by atoms with Crippen molar-refractivity contribution in [1.29, 1.82) is 0 Å². The van der Waals surface area contributed by atoms with Gasteiger partial charge in [-0.1, -0.05) is 182 Å². The average Bonchev–Trinajstić information content (AvgIpc) is 4.41. The third-order valence-corrected chi connectivity index (χ3v) is 20.9. The summed E-state index contributed by atoms with van der Waals surface area (Å²) >= 11 is 0. The summed E-state index contributed by atoms with van der Waals surface area (Å²) in [6.45, 7) is 0. The Morgan fingerprint density at radius 1 is 0.354 bits per heavy atom. The van der Waals surface area contributed by atoms with E-state index >= 15 is 0 Å². The SMILES string of the molecule is c1ccc([Si](c2ccccc2)(c2cccc(-c3nc(N4C5=Nc6ccccc6C5c5ccccc54)nc(-n4c5ccccc5n5c6ccccc6nc45)n3)c2)c2cccc(-n3c4ccccc4n4c5ccccc5nc34)c2)cc1. The number of imidazole rings is 4. The lowest BCUT2D eigenvalue weighted by Gasteiger charge is -2.35. The lowest BCUT2D eigenvalue weighted by molar-refractivity contribution is 0.925. The Morgan fingerprint density at radius 2 is 0.861 bits per heavy atom. The molecule has 0 N–H and O–H groups in total. The fourth-order valence-corrected chi connectivity index (χ4v) is 17.7. The first-order valence-electron chi connectivity index (χ1n) is 26.6. The van der Waals surface area contributed by atoms with Gasteiger partial charge in [0.1, 0.15) is 5.84 Å². The molecule has 17 rings (SSSR count).